The zero-order valence-corrected chi connectivity index (χ0v) is 10.7. The van der Waals surface area contributed by atoms with Crippen LogP contribution in [0.5, 0.6) is 5.75 Å². The van der Waals surface area contributed by atoms with Crippen molar-refractivity contribution >= 4 is 0 Å². The van der Waals surface area contributed by atoms with Crippen LogP contribution in [-0.4, -0.2) is 12.6 Å². The molecule has 0 amide bonds. The van der Waals surface area contributed by atoms with Crippen LogP contribution >= 0.6 is 0 Å². The van der Waals surface area contributed by atoms with Gasteiger partial charge in [0.25, 0.3) is 0 Å². The van der Waals surface area contributed by atoms with Crippen molar-refractivity contribution in [3.63, 3.8) is 0 Å². The molecule has 0 aromatic heterocycles. The summed E-state index contributed by atoms with van der Waals surface area (Å²) in [4.78, 5) is 0. The van der Waals surface area contributed by atoms with Gasteiger partial charge in [0, 0.05) is 6.54 Å². The third-order valence-corrected chi connectivity index (χ3v) is 3.50. The third-order valence-electron chi connectivity index (χ3n) is 3.50. The highest BCUT2D eigenvalue weighted by molar-refractivity contribution is 5.37. The van der Waals surface area contributed by atoms with Crippen LogP contribution in [-0.2, 0) is 12.8 Å². The smallest absolute Gasteiger partial charge is 0.120 e. The molecule has 17 heavy (non-hydrogen) atoms. The highest BCUT2D eigenvalue weighted by atomic mass is 16.5. The van der Waals surface area contributed by atoms with E-state index >= 15 is 0 Å². The van der Waals surface area contributed by atoms with Crippen LogP contribution in [0, 0.1) is 0 Å². The Bertz CT molecular complexity index is 362. The number of benzene rings is 1. The van der Waals surface area contributed by atoms with E-state index in [2.05, 4.69) is 25.1 Å². The Morgan fingerprint density at radius 2 is 2.00 bits per heavy atom. The van der Waals surface area contributed by atoms with Crippen LogP contribution in [0.1, 0.15) is 43.7 Å². The van der Waals surface area contributed by atoms with Gasteiger partial charge in [-0.05, 0) is 55.4 Å². The fourth-order valence-corrected chi connectivity index (χ4v) is 2.52. The van der Waals surface area contributed by atoms with Crippen molar-refractivity contribution in [1.29, 1.82) is 0 Å². The molecule has 0 heterocycles. The lowest BCUT2D eigenvalue weighted by molar-refractivity contribution is 0.198. The summed E-state index contributed by atoms with van der Waals surface area (Å²) < 4.78 is 5.95. The second-order valence-corrected chi connectivity index (χ2v) is 4.90. The van der Waals surface area contributed by atoms with Gasteiger partial charge in [-0.3, -0.25) is 0 Å². The third kappa shape index (κ3) is 3.22. The van der Waals surface area contributed by atoms with Crippen LogP contribution in [0.4, 0.5) is 0 Å². The minimum Gasteiger partial charge on any atom is -0.489 e. The van der Waals surface area contributed by atoms with Crippen molar-refractivity contribution in [3.8, 4) is 5.75 Å². The lowest BCUT2D eigenvalue weighted by Crippen LogP contribution is -2.26. The summed E-state index contributed by atoms with van der Waals surface area (Å²) in [6.07, 6.45) is 7.39. The number of nitrogens with two attached hydrogens (primary N) is 1. The molecule has 1 aliphatic carbocycles. The van der Waals surface area contributed by atoms with Gasteiger partial charge >= 0.3 is 0 Å². The molecular formula is C15H23NO. The van der Waals surface area contributed by atoms with Gasteiger partial charge in [-0.1, -0.05) is 19.4 Å². The Labute approximate surface area is 104 Å². The quantitative estimate of drug-likeness (QED) is 0.848. The van der Waals surface area contributed by atoms with Crippen LogP contribution in [0.15, 0.2) is 18.2 Å². The Morgan fingerprint density at radius 3 is 2.71 bits per heavy atom. The molecule has 1 unspecified atom stereocenters. The number of hydrogen-bond acceptors (Lipinski definition) is 2. The second-order valence-electron chi connectivity index (χ2n) is 4.90. The van der Waals surface area contributed by atoms with Gasteiger partial charge in [-0.25, -0.2) is 0 Å². The van der Waals surface area contributed by atoms with E-state index in [9.17, 15) is 0 Å². The fourth-order valence-electron chi connectivity index (χ4n) is 2.52. The molecule has 2 heteroatoms. The predicted molar refractivity (Wildman–Crippen MR) is 71.5 cm³/mol. The van der Waals surface area contributed by atoms with E-state index in [1.807, 2.05) is 0 Å². The SMILES string of the molecule is CCCC(CN)Oc1ccc2c(c1)CCCC2. The lowest BCUT2D eigenvalue weighted by atomic mass is 9.92. The molecule has 0 aliphatic heterocycles. The Balaban J connectivity index is 2.05. The molecule has 0 bridgehead atoms. The van der Waals surface area contributed by atoms with Crippen molar-refractivity contribution in [1.82, 2.24) is 0 Å². The summed E-state index contributed by atoms with van der Waals surface area (Å²) in [5.41, 5.74) is 8.70. The number of ether oxygens (including phenoxy) is 1. The maximum Gasteiger partial charge on any atom is 0.120 e. The molecule has 1 atom stereocenters. The first kappa shape index (κ1) is 12.4. The van der Waals surface area contributed by atoms with E-state index in [1.165, 1.54) is 36.8 Å². The Kier molecular flexibility index (Phi) is 4.43. The first-order valence-corrected chi connectivity index (χ1v) is 6.82. The van der Waals surface area contributed by atoms with Crippen molar-refractivity contribution < 1.29 is 4.74 Å². The van der Waals surface area contributed by atoms with Crippen LogP contribution in [0.25, 0.3) is 0 Å². The molecule has 1 aliphatic rings. The topological polar surface area (TPSA) is 35.2 Å². The van der Waals surface area contributed by atoms with Crippen molar-refractivity contribution in [2.24, 2.45) is 5.73 Å². The molecule has 0 saturated carbocycles. The number of fused-ring (bicyclic) bond motifs is 1. The van der Waals surface area contributed by atoms with Crippen molar-refractivity contribution in [3.05, 3.63) is 29.3 Å². The minimum atomic E-state index is 0.168. The molecule has 1 aromatic rings. The van der Waals surface area contributed by atoms with Gasteiger partial charge in [0.15, 0.2) is 0 Å². The molecule has 0 radical (unpaired) electrons. The van der Waals surface area contributed by atoms with E-state index < -0.39 is 0 Å². The highest BCUT2D eigenvalue weighted by Gasteiger charge is 2.12. The predicted octanol–water partition coefficient (Wildman–Crippen LogP) is 3.07. The second kappa shape index (κ2) is 6.06. The van der Waals surface area contributed by atoms with E-state index in [0.29, 0.717) is 6.54 Å². The van der Waals surface area contributed by atoms with E-state index in [4.69, 9.17) is 10.5 Å². The monoisotopic (exact) mass is 233 g/mol. The summed E-state index contributed by atoms with van der Waals surface area (Å²) in [5.74, 6) is 0.995. The zero-order valence-electron chi connectivity index (χ0n) is 10.7. The van der Waals surface area contributed by atoms with Crippen LogP contribution in [0.3, 0.4) is 0 Å². The average Bonchev–Trinajstić information content (AvgIpc) is 2.38. The van der Waals surface area contributed by atoms with Crippen molar-refractivity contribution in [2.45, 2.75) is 51.6 Å². The van der Waals surface area contributed by atoms with Gasteiger partial charge in [-0.15, -0.1) is 0 Å². The van der Waals surface area contributed by atoms with Gasteiger partial charge in [0.1, 0.15) is 11.9 Å². The normalized spacial score (nSPS) is 16.4. The molecule has 0 saturated heterocycles. The molecule has 1 aromatic carbocycles. The van der Waals surface area contributed by atoms with E-state index in [-0.39, 0.29) is 6.10 Å². The molecule has 2 N–H and O–H groups in total. The molecule has 0 spiro atoms. The zero-order chi connectivity index (χ0) is 12.1. The molecule has 94 valence electrons. The summed E-state index contributed by atoms with van der Waals surface area (Å²) >= 11 is 0. The minimum absolute atomic E-state index is 0.168. The van der Waals surface area contributed by atoms with Crippen LogP contribution in [0.2, 0.25) is 0 Å². The molecule has 2 nitrogen and oxygen atoms in total. The van der Waals surface area contributed by atoms with Gasteiger partial charge in [0.2, 0.25) is 0 Å². The summed E-state index contributed by atoms with van der Waals surface area (Å²) in [7, 11) is 0. The standard InChI is InChI=1S/C15H23NO/c1-2-5-15(11-16)17-14-9-8-12-6-3-4-7-13(12)10-14/h8-10,15H,2-7,11,16H2,1H3. The molecule has 0 fully saturated rings. The Morgan fingerprint density at radius 1 is 1.24 bits per heavy atom. The average molecular weight is 233 g/mol. The number of aryl methyl sites for hydroxylation is 2. The maximum absolute atomic E-state index is 5.95. The first-order valence-electron chi connectivity index (χ1n) is 6.82. The molecular weight excluding hydrogens is 210 g/mol. The molecule has 2 rings (SSSR count). The van der Waals surface area contributed by atoms with Gasteiger partial charge in [-0.2, -0.15) is 0 Å². The number of hydrogen-bond donors (Lipinski definition) is 1. The first-order chi connectivity index (χ1) is 8.33. The van der Waals surface area contributed by atoms with Gasteiger partial charge < -0.3 is 10.5 Å². The van der Waals surface area contributed by atoms with E-state index in [0.717, 1.165) is 18.6 Å². The Hall–Kier alpha value is -1.02. The summed E-state index contributed by atoms with van der Waals surface area (Å²) in [5, 5.41) is 0. The summed E-state index contributed by atoms with van der Waals surface area (Å²) in [6.45, 7) is 2.77. The lowest BCUT2D eigenvalue weighted by Gasteiger charge is -2.20. The highest BCUT2D eigenvalue weighted by Crippen LogP contribution is 2.26. The van der Waals surface area contributed by atoms with Gasteiger partial charge in [0.05, 0.1) is 0 Å². The van der Waals surface area contributed by atoms with E-state index in [1.54, 1.807) is 0 Å². The fraction of sp³-hybridized carbons (Fsp3) is 0.600. The van der Waals surface area contributed by atoms with Crippen molar-refractivity contribution in [2.75, 3.05) is 6.54 Å². The number of rotatable bonds is 5. The maximum atomic E-state index is 5.95. The van der Waals surface area contributed by atoms with Crippen LogP contribution < -0.4 is 10.5 Å². The largest absolute Gasteiger partial charge is 0.489 e. The summed E-state index contributed by atoms with van der Waals surface area (Å²) in [6, 6.07) is 6.54.